The van der Waals surface area contributed by atoms with Crippen molar-refractivity contribution in [2.24, 2.45) is 0 Å². The lowest BCUT2D eigenvalue weighted by atomic mass is 10.2. The Balaban J connectivity index is 2.39. The first kappa shape index (κ1) is 13.4. The summed E-state index contributed by atoms with van der Waals surface area (Å²) in [5.41, 5.74) is 0.288. The lowest BCUT2D eigenvalue weighted by molar-refractivity contribution is 0.112. The van der Waals surface area contributed by atoms with Crippen molar-refractivity contribution in [2.45, 2.75) is 9.79 Å². The van der Waals surface area contributed by atoms with Gasteiger partial charge in [0.05, 0.1) is 5.02 Å². The van der Waals surface area contributed by atoms with Gasteiger partial charge in [-0.1, -0.05) is 35.0 Å². The van der Waals surface area contributed by atoms with Crippen molar-refractivity contribution < 1.29 is 9.18 Å². The lowest BCUT2D eigenvalue weighted by Gasteiger charge is -2.07. The SMILES string of the molecule is O=Cc1cc(F)ccc1Sc1cc(Cl)ccc1Cl. The van der Waals surface area contributed by atoms with Gasteiger partial charge in [-0.25, -0.2) is 4.39 Å². The monoisotopic (exact) mass is 300 g/mol. The van der Waals surface area contributed by atoms with Gasteiger partial charge in [0, 0.05) is 20.4 Å². The average molecular weight is 301 g/mol. The Morgan fingerprint density at radius 2 is 1.83 bits per heavy atom. The Kier molecular flexibility index (Phi) is 4.27. The van der Waals surface area contributed by atoms with Crippen LogP contribution in [0.5, 0.6) is 0 Å². The summed E-state index contributed by atoms with van der Waals surface area (Å²) in [6.45, 7) is 0. The Labute approximate surface area is 118 Å². The van der Waals surface area contributed by atoms with Crippen LogP contribution in [0.3, 0.4) is 0 Å². The van der Waals surface area contributed by atoms with Crippen LogP contribution in [0.15, 0.2) is 46.2 Å². The third-order valence-corrected chi connectivity index (χ3v) is 4.04. The fourth-order valence-corrected chi connectivity index (χ4v) is 2.80. The van der Waals surface area contributed by atoms with Crippen molar-refractivity contribution in [3.8, 4) is 0 Å². The maximum Gasteiger partial charge on any atom is 0.151 e. The first-order chi connectivity index (χ1) is 8.60. The minimum Gasteiger partial charge on any atom is -0.298 e. The normalized spacial score (nSPS) is 10.4. The molecule has 0 amide bonds. The molecule has 2 rings (SSSR count). The fourth-order valence-electron chi connectivity index (χ4n) is 1.38. The first-order valence-corrected chi connectivity index (χ1v) is 6.55. The molecule has 0 N–H and O–H groups in total. The van der Waals surface area contributed by atoms with E-state index in [-0.39, 0.29) is 5.56 Å². The molecule has 0 bridgehead atoms. The van der Waals surface area contributed by atoms with Crippen molar-refractivity contribution in [2.75, 3.05) is 0 Å². The molecule has 0 radical (unpaired) electrons. The molecule has 0 heterocycles. The van der Waals surface area contributed by atoms with E-state index in [0.717, 1.165) is 4.90 Å². The molecule has 0 atom stereocenters. The van der Waals surface area contributed by atoms with Crippen LogP contribution < -0.4 is 0 Å². The lowest BCUT2D eigenvalue weighted by Crippen LogP contribution is -1.87. The Morgan fingerprint density at radius 3 is 2.56 bits per heavy atom. The maximum absolute atomic E-state index is 13.0. The number of hydrogen-bond acceptors (Lipinski definition) is 2. The van der Waals surface area contributed by atoms with Gasteiger partial charge in [-0.3, -0.25) is 4.79 Å². The predicted molar refractivity (Wildman–Crippen MR) is 72.4 cm³/mol. The van der Waals surface area contributed by atoms with Crippen LogP contribution in [0.2, 0.25) is 10.0 Å². The second-order valence-electron chi connectivity index (χ2n) is 3.48. The van der Waals surface area contributed by atoms with E-state index in [1.165, 1.54) is 23.9 Å². The molecule has 0 spiro atoms. The van der Waals surface area contributed by atoms with E-state index in [2.05, 4.69) is 0 Å². The van der Waals surface area contributed by atoms with E-state index in [1.807, 2.05) is 0 Å². The number of hydrogen-bond donors (Lipinski definition) is 0. The van der Waals surface area contributed by atoms with Gasteiger partial charge in [-0.15, -0.1) is 0 Å². The van der Waals surface area contributed by atoms with Crippen molar-refractivity contribution in [1.29, 1.82) is 0 Å². The minimum atomic E-state index is -0.446. The van der Waals surface area contributed by atoms with Crippen LogP contribution in [0.1, 0.15) is 10.4 Å². The van der Waals surface area contributed by atoms with E-state index in [0.29, 0.717) is 21.2 Å². The first-order valence-electron chi connectivity index (χ1n) is 4.98. The minimum absolute atomic E-state index is 0.288. The van der Waals surface area contributed by atoms with E-state index in [4.69, 9.17) is 23.2 Å². The summed E-state index contributed by atoms with van der Waals surface area (Å²) in [5, 5.41) is 1.09. The number of carbonyl (C=O) groups is 1. The van der Waals surface area contributed by atoms with Gasteiger partial charge in [0.1, 0.15) is 5.82 Å². The zero-order valence-electron chi connectivity index (χ0n) is 8.99. The van der Waals surface area contributed by atoms with Crippen LogP contribution in [-0.2, 0) is 0 Å². The molecule has 2 aromatic rings. The third-order valence-electron chi connectivity index (χ3n) is 2.21. The summed E-state index contributed by atoms with van der Waals surface area (Å²) in [6, 6.07) is 9.09. The van der Waals surface area contributed by atoms with E-state index in [9.17, 15) is 9.18 Å². The van der Waals surface area contributed by atoms with Gasteiger partial charge in [0.2, 0.25) is 0 Å². The van der Waals surface area contributed by atoms with E-state index >= 15 is 0 Å². The zero-order valence-corrected chi connectivity index (χ0v) is 11.3. The summed E-state index contributed by atoms with van der Waals surface area (Å²) in [7, 11) is 0. The molecule has 0 aliphatic heterocycles. The molecular formula is C13H7Cl2FOS. The molecule has 0 saturated heterocycles. The van der Waals surface area contributed by atoms with Crippen LogP contribution >= 0.6 is 35.0 Å². The molecule has 92 valence electrons. The van der Waals surface area contributed by atoms with Crippen LogP contribution in [-0.4, -0.2) is 6.29 Å². The number of rotatable bonds is 3. The highest BCUT2D eigenvalue weighted by atomic mass is 35.5. The topological polar surface area (TPSA) is 17.1 Å². The Morgan fingerprint density at radius 1 is 1.06 bits per heavy atom. The van der Waals surface area contributed by atoms with Gasteiger partial charge in [-0.05, 0) is 36.4 Å². The molecule has 2 aromatic carbocycles. The largest absolute Gasteiger partial charge is 0.298 e. The molecule has 0 fully saturated rings. The summed E-state index contributed by atoms with van der Waals surface area (Å²) in [6.07, 6.45) is 0.615. The molecule has 5 heteroatoms. The maximum atomic E-state index is 13.0. The molecule has 0 unspecified atom stereocenters. The van der Waals surface area contributed by atoms with Gasteiger partial charge in [0.25, 0.3) is 0 Å². The highest BCUT2D eigenvalue weighted by Gasteiger charge is 2.08. The number of halogens is 3. The molecule has 0 aliphatic rings. The smallest absolute Gasteiger partial charge is 0.151 e. The summed E-state index contributed by atoms with van der Waals surface area (Å²) >= 11 is 13.2. The molecule has 0 saturated carbocycles. The number of benzene rings is 2. The third kappa shape index (κ3) is 3.05. The van der Waals surface area contributed by atoms with Crippen molar-refractivity contribution in [1.82, 2.24) is 0 Å². The highest BCUT2D eigenvalue weighted by Crippen LogP contribution is 2.36. The van der Waals surface area contributed by atoms with Crippen LogP contribution in [0, 0.1) is 5.82 Å². The van der Waals surface area contributed by atoms with E-state index in [1.54, 1.807) is 24.3 Å². The Hall–Kier alpha value is -1.03. The van der Waals surface area contributed by atoms with Gasteiger partial charge < -0.3 is 0 Å². The van der Waals surface area contributed by atoms with Gasteiger partial charge in [-0.2, -0.15) is 0 Å². The molecule has 0 aromatic heterocycles. The molecule has 18 heavy (non-hydrogen) atoms. The fraction of sp³-hybridized carbons (Fsp3) is 0. The van der Waals surface area contributed by atoms with Crippen LogP contribution in [0.4, 0.5) is 4.39 Å². The second-order valence-corrected chi connectivity index (χ2v) is 5.40. The summed E-state index contributed by atoms with van der Waals surface area (Å²) in [5.74, 6) is -0.446. The average Bonchev–Trinajstić information content (AvgIpc) is 2.36. The van der Waals surface area contributed by atoms with Crippen molar-refractivity contribution in [3.05, 3.63) is 57.8 Å². The summed E-state index contributed by atoms with van der Waals surface area (Å²) < 4.78 is 13.0. The molecular weight excluding hydrogens is 294 g/mol. The van der Waals surface area contributed by atoms with Gasteiger partial charge >= 0.3 is 0 Å². The molecule has 1 nitrogen and oxygen atoms in total. The number of carbonyl (C=O) groups excluding carboxylic acids is 1. The number of aldehydes is 1. The zero-order chi connectivity index (χ0) is 13.1. The van der Waals surface area contributed by atoms with Crippen LogP contribution in [0.25, 0.3) is 0 Å². The van der Waals surface area contributed by atoms with Crippen molar-refractivity contribution >= 4 is 41.2 Å². The quantitative estimate of drug-likeness (QED) is 0.734. The Bertz CT molecular complexity index is 602. The highest BCUT2D eigenvalue weighted by molar-refractivity contribution is 7.99. The van der Waals surface area contributed by atoms with E-state index < -0.39 is 5.82 Å². The van der Waals surface area contributed by atoms with Crippen molar-refractivity contribution in [3.63, 3.8) is 0 Å². The molecule has 0 aliphatic carbocycles. The standard InChI is InChI=1S/C13H7Cl2FOS/c14-9-1-3-11(15)13(6-9)18-12-4-2-10(16)5-8(12)7-17/h1-7H. The second kappa shape index (κ2) is 5.74. The van der Waals surface area contributed by atoms with Gasteiger partial charge in [0.15, 0.2) is 6.29 Å². The predicted octanol–water partition coefficient (Wildman–Crippen LogP) is 5.10. The summed E-state index contributed by atoms with van der Waals surface area (Å²) in [4.78, 5) is 12.2.